The second kappa shape index (κ2) is 9.51. The number of pyridine rings is 1. The van der Waals surface area contributed by atoms with E-state index in [1.807, 2.05) is 0 Å². The van der Waals surface area contributed by atoms with Gasteiger partial charge >= 0.3 is 6.36 Å². The Kier molecular flexibility index (Phi) is 6.42. The SMILES string of the molecule is O=C(N[C@H]1CCC[C@@H](n2c(COC(F)(F)F)nc3cnc(-c4nc[nH]n4)cc32)C1)c1ncc(Cl)s1. The molecule has 0 aliphatic heterocycles. The maximum absolute atomic E-state index is 12.8. The number of amides is 1. The number of nitrogens with zero attached hydrogens (tertiary/aromatic N) is 6. The fraction of sp³-hybridized carbons (Fsp3) is 0.400. The van der Waals surface area contributed by atoms with Gasteiger partial charge in [0.05, 0.1) is 17.9 Å². The third-order valence-corrected chi connectivity index (χ3v) is 6.79. The fourth-order valence-electron chi connectivity index (χ4n) is 4.29. The monoisotopic (exact) mass is 526 g/mol. The van der Waals surface area contributed by atoms with Crippen molar-refractivity contribution >= 4 is 39.9 Å². The molecule has 1 amide bonds. The van der Waals surface area contributed by atoms with Gasteiger partial charge in [-0.25, -0.2) is 15.0 Å². The average molecular weight is 527 g/mol. The first-order valence-corrected chi connectivity index (χ1v) is 11.8. The number of thiazole rings is 1. The van der Waals surface area contributed by atoms with E-state index in [1.165, 1.54) is 18.7 Å². The van der Waals surface area contributed by atoms with Crippen LogP contribution in [0.5, 0.6) is 0 Å². The van der Waals surface area contributed by atoms with Gasteiger partial charge in [-0.1, -0.05) is 22.9 Å². The highest BCUT2D eigenvalue weighted by atomic mass is 35.5. The molecule has 4 aromatic heterocycles. The van der Waals surface area contributed by atoms with Gasteiger partial charge in [0.25, 0.3) is 5.91 Å². The van der Waals surface area contributed by atoms with E-state index in [0.717, 1.165) is 24.2 Å². The van der Waals surface area contributed by atoms with Gasteiger partial charge in [0.15, 0.2) is 10.8 Å². The number of nitrogens with one attached hydrogen (secondary N) is 2. The number of alkyl halides is 3. The number of imidazole rings is 1. The van der Waals surface area contributed by atoms with Crippen LogP contribution in [-0.4, -0.2) is 53.0 Å². The van der Waals surface area contributed by atoms with Crippen molar-refractivity contribution in [3.05, 3.63) is 40.0 Å². The van der Waals surface area contributed by atoms with E-state index in [4.69, 9.17) is 11.6 Å². The van der Waals surface area contributed by atoms with Crippen LogP contribution in [0.2, 0.25) is 4.34 Å². The zero-order valence-corrected chi connectivity index (χ0v) is 19.5. The first-order valence-electron chi connectivity index (χ1n) is 10.6. The number of aromatic amines is 1. The molecule has 10 nitrogen and oxygen atoms in total. The van der Waals surface area contributed by atoms with Crippen LogP contribution in [0, 0.1) is 0 Å². The van der Waals surface area contributed by atoms with Crippen LogP contribution in [0.15, 0.2) is 24.8 Å². The molecule has 0 saturated heterocycles. The third kappa shape index (κ3) is 5.28. The Morgan fingerprint density at radius 1 is 1.29 bits per heavy atom. The molecule has 1 aliphatic carbocycles. The number of carbonyl (C=O) groups excluding carboxylic acids is 1. The first kappa shape index (κ1) is 23.6. The van der Waals surface area contributed by atoms with Gasteiger partial charge in [0.1, 0.15) is 34.3 Å². The molecule has 2 atom stereocenters. The van der Waals surface area contributed by atoms with E-state index in [1.54, 1.807) is 10.6 Å². The van der Waals surface area contributed by atoms with E-state index < -0.39 is 13.0 Å². The highest BCUT2D eigenvalue weighted by molar-refractivity contribution is 7.17. The molecule has 1 fully saturated rings. The maximum Gasteiger partial charge on any atom is 0.522 e. The summed E-state index contributed by atoms with van der Waals surface area (Å²) >= 11 is 6.96. The van der Waals surface area contributed by atoms with Crippen molar-refractivity contribution in [2.24, 2.45) is 0 Å². The molecule has 5 rings (SSSR count). The van der Waals surface area contributed by atoms with Crippen LogP contribution in [0.25, 0.3) is 22.6 Å². The predicted molar refractivity (Wildman–Crippen MR) is 120 cm³/mol. The van der Waals surface area contributed by atoms with Crippen molar-refractivity contribution in [2.75, 3.05) is 0 Å². The second-order valence-electron chi connectivity index (χ2n) is 7.97. The van der Waals surface area contributed by atoms with Gasteiger partial charge in [-0.2, -0.15) is 5.10 Å². The Labute approximate surface area is 204 Å². The smallest absolute Gasteiger partial charge is 0.347 e. The molecule has 0 unspecified atom stereocenters. The van der Waals surface area contributed by atoms with Gasteiger partial charge in [-0.05, 0) is 31.7 Å². The lowest BCUT2D eigenvalue weighted by Gasteiger charge is -2.31. The topological polar surface area (TPSA) is 124 Å². The normalized spacial score (nSPS) is 18.7. The minimum absolute atomic E-state index is 0.120. The Morgan fingerprint density at radius 2 is 2.14 bits per heavy atom. The number of fused-ring (bicyclic) bond motifs is 1. The lowest BCUT2D eigenvalue weighted by Crippen LogP contribution is -2.39. The summed E-state index contributed by atoms with van der Waals surface area (Å²) in [6.07, 6.45) is 2.16. The summed E-state index contributed by atoms with van der Waals surface area (Å²) in [5.74, 6) is 0.137. The summed E-state index contributed by atoms with van der Waals surface area (Å²) < 4.78 is 44.8. The van der Waals surface area contributed by atoms with E-state index >= 15 is 0 Å². The molecule has 4 aromatic rings. The molecule has 0 bridgehead atoms. The lowest BCUT2D eigenvalue weighted by molar-refractivity contribution is -0.331. The summed E-state index contributed by atoms with van der Waals surface area (Å²) in [5, 5.41) is 9.86. The predicted octanol–water partition coefficient (Wildman–Crippen LogP) is 4.28. The Balaban J connectivity index is 1.46. The van der Waals surface area contributed by atoms with E-state index in [9.17, 15) is 18.0 Å². The molecule has 1 aliphatic rings. The third-order valence-electron chi connectivity index (χ3n) is 5.68. The molecule has 35 heavy (non-hydrogen) atoms. The summed E-state index contributed by atoms with van der Waals surface area (Å²) in [6.45, 7) is -0.751. The number of hydrogen-bond acceptors (Lipinski definition) is 8. The van der Waals surface area contributed by atoms with Gasteiger partial charge in [-0.3, -0.25) is 19.6 Å². The van der Waals surface area contributed by atoms with Gasteiger partial charge in [0.2, 0.25) is 0 Å². The lowest BCUT2D eigenvalue weighted by atomic mass is 9.90. The number of rotatable bonds is 6. The van der Waals surface area contributed by atoms with Crippen molar-refractivity contribution in [1.82, 2.24) is 40.0 Å². The molecule has 0 aromatic carbocycles. The van der Waals surface area contributed by atoms with Crippen molar-refractivity contribution in [1.29, 1.82) is 0 Å². The number of hydrogen-bond donors (Lipinski definition) is 2. The first-order chi connectivity index (χ1) is 16.8. The maximum atomic E-state index is 12.8. The molecular weight excluding hydrogens is 509 g/mol. The Bertz CT molecular complexity index is 1340. The van der Waals surface area contributed by atoms with Crippen LogP contribution in [0.3, 0.4) is 0 Å². The molecule has 0 radical (unpaired) electrons. The summed E-state index contributed by atoms with van der Waals surface area (Å²) in [5.41, 5.74) is 1.46. The molecular formula is C20H18ClF3N8O2S. The highest BCUT2D eigenvalue weighted by Crippen LogP contribution is 2.34. The van der Waals surface area contributed by atoms with Gasteiger partial charge < -0.3 is 9.88 Å². The fourth-order valence-corrected chi connectivity index (χ4v) is 5.11. The highest BCUT2D eigenvalue weighted by Gasteiger charge is 2.32. The zero-order valence-electron chi connectivity index (χ0n) is 17.9. The molecule has 4 heterocycles. The van der Waals surface area contributed by atoms with Crippen LogP contribution in [0.4, 0.5) is 13.2 Å². The number of halogens is 4. The summed E-state index contributed by atoms with van der Waals surface area (Å²) in [4.78, 5) is 29.3. The van der Waals surface area contributed by atoms with Gasteiger partial charge in [0, 0.05) is 12.1 Å². The largest absolute Gasteiger partial charge is 0.522 e. The molecule has 15 heteroatoms. The molecule has 184 valence electrons. The number of carbonyl (C=O) groups is 1. The van der Waals surface area contributed by atoms with Crippen LogP contribution in [-0.2, 0) is 11.3 Å². The number of ether oxygens (including phenoxy) is 1. The van der Waals surface area contributed by atoms with Crippen molar-refractivity contribution in [2.45, 2.75) is 50.7 Å². The average Bonchev–Trinajstić information content (AvgIpc) is 3.56. The molecule has 2 N–H and O–H groups in total. The zero-order chi connectivity index (χ0) is 24.6. The Morgan fingerprint density at radius 3 is 2.86 bits per heavy atom. The quantitative estimate of drug-likeness (QED) is 0.384. The standard InChI is InChI=1S/C20H18ClF3N8O2S/c21-15-7-26-19(35-15)18(33)29-10-2-1-3-11(4-10)32-14-5-12(17-27-9-28-31-17)25-6-13(14)30-16(32)8-34-20(22,23)24/h5-7,9-11H,1-4,8H2,(H,29,33)(H,27,28,31)/t10-,11+/m0/s1. The van der Waals surface area contributed by atoms with E-state index in [0.29, 0.717) is 39.7 Å². The minimum Gasteiger partial charge on any atom is -0.347 e. The van der Waals surface area contributed by atoms with Crippen LogP contribution in [0.1, 0.15) is 47.4 Å². The number of aromatic nitrogens is 7. The second-order valence-corrected chi connectivity index (χ2v) is 9.64. The van der Waals surface area contributed by atoms with Gasteiger partial charge in [-0.15, -0.1) is 13.2 Å². The number of H-pyrrole nitrogens is 1. The molecule has 1 saturated carbocycles. The van der Waals surface area contributed by atoms with Crippen LogP contribution >= 0.6 is 22.9 Å². The van der Waals surface area contributed by atoms with Crippen molar-refractivity contribution < 1.29 is 22.7 Å². The van der Waals surface area contributed by atoms with E-state index in [-0.39, 0.29) is 28.8 Å². The Hall–Kier alpha value is -3.10. The summed E-state index contributed by atoms with van der Waals surface area (Å²) in [6, 6.07) is 1.27. The van der Waals surface area contributed by atoms with Crippen molar-refractivity contribution in [3.63, 3.8) is 0 Å². The van der Waals surface area contributed by atoms with Crippen LogP contribution < -0.4 is 5.32 Å². The van der Waals surface area contributed by atoms with Crippen molar-refractivity contribution in [3.8, 4) is 11.5 Å². The summed E-state index contributed by atoms with van der Waals surface area (Å²) in [7, 11) is 0. The van der Waals surface area contributed by atoms with E-state index in [2.05, 4.69) is 40.2 Å². The molecule has 0 spiro atoms. The minimum atomic E-state index is -4.80.